The van der Waals surface area contributed by atoms with E-state index in [2.05, 4.69) is 15.5 Å². The van der Waals surface area contributed by atoms with E-state index in [-0.39, 0.29) is 5.91 Å². The first-order valence-electron chi connectivity index (χ1n) is 7.52. The number of carbonyl (C=O) groups is 1. The number of anilines is 1. The summed E-state index contributed by atoms with van der Waals surface area (Å²) in [6.45, 7) is 2.46. The standard InChI is InChI=1S/C15H16N4O3S2/c1-2-23-14-18-17-13(24-14)16-12(20)8-5-9-19-10-6-3-4-7-11(10)22-15(19)21/h3-4,6-7H,2,5,8-9H2,1H3,(H,16,17,20). The van der Waals surface area contributed by atoms with Crippen LogP contribution in [-0.2, 0) is 11.3 Å². The molecule has 0 fully saturated rings. The van der Waals surface area contributed by atoms with E-state index in [1.54, 1.807) is 22.4 Å². The third-order valence-corrected chi connectivity index (χ3v) is 5.13. The molecule has 0 aliphatic carbocycles. The van der Waals surface area contributed by atoms with Gasteiger partial charge in [-0.2, -0.15) is 0 Å². The summed E-state index contributed by atoms with van der Waals surface area (Å²) in [5, 5.41) is 11.2. The molecule has 0 aliphatic rings. The predicted molar refractivity (Wildman–Crippen MR) is 94.6 cm³/mol. The van der Waals surface area contributed by atoms with E-state index in [1.165, 1.54) is 11.3 Å². The van der Waals surface area contributed by atoms with Gasteiger partial charge in [0.15, 0.2) is 9.92 Å². The first-order valence-corrected chi connectivity index (χ1v) is 9.32. The molecule has 126 valence electrons. The number of carbonyl (C=O) groups excluding carboxylic acids is 1. The van der Waals surface area contributed by atoms with Crippen molar-refractivity contribution in [3.63, 3.8) is 0 Å². The molecule has 3 rings (SSSR count). The van der Waals surface area contributed by atoms with Gasteiger partial charge in [-0.25, -0.2) is 4.79 Å². The minimum atomic E-state index is -0.401. The molecule has 0 saturated carbocycles. The van der Waals surface area contributed by atoms with Gasteiger partial charge in [-0.15, -0.1) is 10.2 Å². The number of thioether (sulfide) groups is 1. The molecule has 0 atom stereocenters. The molecule has 0 aliphatic heterocycles. The summed E-state index contributed by atoms with van der Waals surface area (Å²) < 4.78 is 7.55. The van der Waals surface area contributed by atoms with Crippen molar-refractivity contribution in [3.8, 4) is 0 Å². The summed E-state index contributed by atoms with van der Waals surface area (Å²) >= 11 is 2.95. The van der Waals surface area contributed by atoms with Crippen molar-refractivity contribution in [2.24, 2.45) is 0 Å². The van der Waals surface area contributed by atoms with Gasteiger partial charge in [0.25, 0.3) is 0 Å². The number of amides is 1. The van der Waals surface area contributed by atoms with Crippen molar-refractivity contribution < 1.29 is 9.21 Å². The van der Waals surface area contributed by atoms with Crippen molar-refractivity contribution in [2.75, 3.05) is 11.1 Å². The zero-order valence-corrected chi connectivity index (χ0v) is 14.7. The van der Waals surface area contributed by atoms with Crippen LogP contribution in [0.1, 0.15) is 19.8 Å². The SMILES string of the molecule is CCSc1nnc(NC(=O)CCCn2c(=O)oc3ccccc32)s1. The van der Waals surface area contributed by atoms with Crippen molar-refractivity contribution in [2.45, 2.75) is 30.6 Å². The molecule has 1 amide bonds. The van der Waals surface area contributed by atoms with Crippen LogP contribution < -0.4 is 11.1 Å². The van der Waals surface area contributed by atoms with Gasteiger partial charge in [0, 0.05) is 13.0 Å². The number of fused-ring (bicyclic) bond motifs is 1. The molecule has 24 heavy (non-hydrogen) atoms. The van der Waals surface area contributed by atoms with Crippen LogP contribution in [-0.4, -0.2) is 26.4 Å². The highest BCUT2D eigenvalue weighted by molar-refractivity contribution is 8.01. The fourth-order valence-electron chi connectivity index (χ4n) is 2.25. The highest BCUT2D eigenvalue weighted by Gasteiger charge is 2.11. The van der Waals surface area contributed by atoms with Crippen LogP contribution in [0.4, 0.5) is 5.13 Å². The summed E-state index contributed by atoms with van der Waals surface area (Å²) in [5.74, 6) is 0.373. The number of hydrogen-bond donors (Lipinski definition) is 1. The molecule has 7 nitrogen and oxygen atoms in total. The average molecular weight is 364 g/mol. The quantitative estimate of drug-likeness (QED) is 0.512. The minimum Gasteiger partial charge on any atom is -0.408 e. The molecule has 0 bridgehead atoms. The van der Waals surface area contributed by atoms with Crippen molar-refractivity contribution in [1.29, 1.82) is 0 Å². The topological polar surface area (TPSA) is 90.0 Å². The van der Waals surface area contributed by atoms with E-state index in [4.69, 9.17) is 4.42 Å². The third-order valence-electron chi connectivity index (χ3n) is 3.28. The molecule has 2 aromatic heterocycles. The second-order valence-corrected chi connectivity index (χ2v) is 7.43. The van der Waals surface area contributed by atoms with E-state index in [0.29, 0.717) is 30.1 Å². The van der Waals surface area contributed by atoms with E-state index in [9.17, 15) is 9.59 Å². The van der Waals surface area contributed by atoms with Gasteiger partial charge < -0.3 is 9.73 Å². The number of aryl methyl sites for hydroxylation is 1. The molecule has 1 N–H and O–H groups in total. The number of aromatic nitrogens is 3. The van der Waals surface area contributed by atoms with Crippen LogP contribution in [0, 0.1) is 0 Å². The summed E-state index contributed by atoms with van der Waals surface area (Å²) in [7, 11) is 0. The Balaban J connectivity index is 1.54. The molecule has 9 heteroatoms. The maximum Gasteiger partial charge on any atom is 0.419 e. The number of nitrogens with one attached hydrogen (secondary N) is 1. The average Bonchev–Trinajstić information content (AvgIpc) is 3.12. The van der Waals surface area contributed by atoms with E-state index in [0.717, 1.165) is 15.6 Å². The van der Waals surface area contributed by atoms with E-state index >= 15 is 0 Å². The Labute approximate surface area is 146 Å². The number of hydrogen-bond acceptors (Lipinski definition) is 7. The zero-order chi connectivity index (χ0) is 16.9. The fourth-order valence-corrected chi connectivity index (χ4v) is 3.91. The third kappa shape index (κ3) is 3.85. The van der Waals surface area contributed by atoms with Gasteiger partial charge in [0.05, 0.1) is 5.52 Å². The van der Waals surface area contributed by atoms with Crippen molar-refractivity contribution in [3.05, 3.63) is 34.8 Å². The van der Waals surface area contributed by atoms with Crippen molar-refractivity contribution >= 4 is 45.2 Å². The molecule has 0 saturated heterocycles. The molecule has 0 spiro atoms. The summed E-state index contributed by atoms with van der Waals surface area (Å²) in [4.78, 5) is 23.8. The van der Waals surface area contributed by atoms with Gasteiger partial charge in [-0.05, 0) is 24.3 Å². The number of para-hydroxylation sites is 2. The number of oxazole rings is 1. The lowest BCUT2D eigenvalue weighted by Crippen LogP contribution is -2.17. The highest BCUT2D eigenvalue weighted by atomic mass is 32.2. The fraction of sp³-hybridized carbons (Fsp3) is 0.333. The van der Waals surface area contributed by atoms with Gasteiger partial charge >= 0.3 is 5.76 Å². The minimum absolute atomic E-state index is 0.139. The molecule has 2 heterocycles. The second kappa shape index (κ2) is 7.63. The van der Waals surface area contributed by atoms with Crippen LogP contribution in [0.3, 0.4) is 0 Å². The van der Waals surface area contributed by atoms with Crippen LogP contribution in [0.2, 0.25) is 0 Å². The monoisotopic (exact) mass is 364 g/mol. The van der Waals surface area contributed by atoms with Gasteiger partial charge in [0.2, 0.25) is 11.0 Å². The van der Waals surface area contributed by atoms with Crippen molar-refractivity contribution in [1.82, 2.24) is 14.8 Å². The summed E-state index contributed by atoms with van der Waals surface area (Å²) in [6, 6.07) is 7.24. The Bertz CT molecular complexity index is 899. The maximum atomic E-state index is 12.0. The molecule has 3 aromatic rings. The molecule has 0 unspecified atom stereocenters. The zero-order valence-electron chi connectivity index (χ0n) is 13.0. The number of benzene rings is 1. The Morgan fingerprint density at radius 2 is 2.21 bits per heavy atom. The molecule has 1 aromatic carbocycles. The van der Waals surface area contributed by atoms with E-state index in [1.807, 2.05) is 25.1 Å². The Hall–Kier alpha value is -2.13. The Morgan fingerprint density at radius 1 is 1.38 bits per heavy atom. The lowest BCUT2D eigenvalue weighted by Gasteiger charge is -2.02. The van der Waals surface area contributed by atoms with Crippen LogP contribution >= 0.6 is 23.1 Å². The highest BCUT2D eigenvalue weighted by Crippen LogP contribution is 2.25. The largest absolute Gasteiger partial charge is 0.419 e. The lowest BCUT2D eigenvalue weighted by atomic mass is 10.3. The Kier molecular flexibility index (Phi) is 5.31. The smallest absolute Gasteiger partial charge is 0.408 e. The Morgan fingerprint density at radius 3 is 3.04 bits per heavy atom. The molecular weight excluding hydrogens is 348 g/mol. The second-order valence-electron chi connectivity index (χ2n) is 4.95. The van der Waals surface area contributed by atoms with Gasteiger partial charge in [0.1, 0.15) is 0 Å². The maximum absolute atomic E-state index is 12.0. The number of rotatable bonds is 7. The van der Waals surface area contributed by atoms with E-state index < -0.39 is 5.76 Å². The van der Waals surface area contributed by atoms with Crippen LogP contribution in [0.15, 0.2) is 37.8 Å². The lowest BCUT2D eigenvalue weighted by molar-refractivity contribution is -0.116. The molecule has 0 radical (unpaired) electrons. The normalized spacial score (nSPS) is 11.0. The first kappa shape index (κ1) is 16.7. The molecular formula is C15H16N4O3S2. The summed E-state index contributed by atoms with van der Waals surface area (Å²) in [6.07, 6.45) is 0.826. The summed E-state index contributed by atoms with van der Waals surface area (Å²) in [5.41, 5.74) is 1.30. The van der Waals surface area contributed by atoms with Gasteiger partial charge in [-0.3, -0.25) is 9.36 Å². The predicted octanol–water partition coefficient (Wildman–Crippen LogP) is 2.98. The van der Waals surface area contributed by atoms with Crippen LogP contribution in [0.5, 0.6) is 0 Å². The van der Waals surface area contributed by atoms with Crippen LogP contribution in [0.25, 0.3) is 11.1 Å². The van der Waals surface area contributed by atoms with Gasteiger partial charge in [-0.1, -0.05) is 42.2 Å². The number of nitrogens with zero attached hydrogens (tertiary/aromatic N) is 3. The first-order chi connectivity index (χ1) is 11.7.